The quantitative estimate of drug-likeness (QED) is 0.720. The topological polar surface area (TPSA) is 73.6 Å². The molecule has 1 heterocycles. The van der Waals surface area contributed by atoms with Crippen molar-refractivity contribution in [2.45, 2.75) is 45.3 Å². The van der Waals surface area contributed by atoms with Crippen molar-refractivity contribution < 1.29 is 14.3 Å². The zero-order valence-corrected chi connectivity index (χ0v) is 12.2. The van der Waals surface area contributed by atoms with Crippen LogP contribution >= 0.6 is 0 Å². The van der Waals surface area contributed by atoms with Gasteiger partial charge in [-0.1, -0.05) is 13.8 Å². The molecule has 1 saturated carbocycles. The van der Waals surface area contributed by atoms with E-state index in [0.29, 0.717) is 19.8 Å². The zero-order valence-electron chi connectivity index (χ0n) is 12.2. The highest BCUT2D eigenvalue weighted by Crippen LogP contribution is 2.57. The second-order valence-corrected chi connectivity index (χ2v) is 6.08. The van der Waals surface area contributed by atoms with E-state index < -0.39 is 5.54 Å². The molecule has 3 atom stereocenters. The van der Waals surface area contributed by atoms with Gasteiger partial charge in [-0.05, 0) is 19.8 Å². The van der Waals surface area contributed by atoms with Crippen LogP contribution in [0.2, 0.25) is 0 Å². The Morgan fingerprint density at radius 3 is 2.95 bits per heavy atom. The van der Waals surface area contributed by atoms with E-state index >= 15 is 0 Å². The van der Waals surface area contributed by atoms with Gasteiger partial charge < -0.3 is 20.5 Å². The molecular weight excluding hydrogens is 244 g/mol. The van der Waals surface area contributed by atoms with E-state index in [1.54, 1.807) is 0 Å². The largest absolute Gasteiger partial charge is 0.380 e. The Kier molecular flexibility index (Phi) is 4.18. The number of carbonyl (C=O) groups excluding carboxylic acids is 1. The lowest BCUT2D eigenvalue weighted by atomic mass is 9.46. The van der Waals surface area contributed by atoms with E-state index in [9.17, 15) is 4.79 Å². The smallest absolute Gasteiger partial charge is 0.241 e. The van der Waals surface area contributed by atoms with Gasteiger partial charge in [-0.15, -0.1) is 0 Å². The summed E-state index contributed by atoms with van der Waals surface area (Å²) in [5.74, 6) is 0.0762. The summed E-state index contributed by atoms with van der Waals surface area (Å²) >= 11 is 0. The molecule has 0 radical (unpaired) electrons. The predicted octanol–water partition coefficient (Wildman–Crippen LogP) is 0.672. The summed E-state index contributed by atoms with van der Waals surface area (Å²) in [6, 6.07) is 0. The maximum absolute atomic E-state index is 12.4. The lowest BCUT2D eigenvalue weighted by Gasteiger charge is -2.65. The van der Waals surface area contributed by atoms with Gasteiger partial charge in [0, 0.05) is 31.1 Å². The minimum absolute atomic E-state index is 0.0658. The predicted molar refractivity (Wildman–Crippen MR) is 72.7 cm³/mol. The summed E-state index contributed by atoms with van der Waals surface area (Å²) in [7, 11) is 0. The number of ether oxygens (including phenoxy) is 2. The molecule has 1 aliphatic carbocycles. The summed E-state index contributed by atoms with van der Waals surface area (Å²) in [4.78, 5) is 12.4. The van der Waals surface area contributed by atoms with Gasteiger partial charge in [0.05, 0.1) is 12.7 Å². The maximum atomic E-state index is 12.4. The molecule has 1 aliphatic heterocycles. The van der Waals surface area contributed by atoms with Crippen molar-refractivity contribution in [3.63, 3.8) is 0 Å². The lowest BCUT2D eigenvalue weighted by molar-refractivity contribution is -0.225. The molecule has 0 aromatic carbocycles. The number of rotatable bonds is 5. The van der Waals surface area contributed by atoms with Gasteiger partial charge in [0.1, 0.15) is 5.54 Å². The third-order valence-corrected chi connectivity index (χ3v) is 4.80. The van der Waals surface area contributed by atoms with Crippen LogP contribution in [0, 0.1) is 11.3 Å². The first-order valence-corrected chi connectivity index (χ1v) is 7.22. The Bertz CT molecular complexity index is 346. The average molecular weight is 270 g/mol. The molecule has 2 rings (SSSR count). The molecule has 3 N–H and O–H groups in total. The van der Waals surface area contributed by atoms with Crippen molar-refractivity contribution >= 4 is 5.91 Å². The van der Waals surface area contributed by atoms with Crippen molar-refractivity contribution in [2.24, 2.45) is 17.1 Å². The first-order valence-electron chi connectivity index (χ1n) is 7.22. The molecule has 19 heavy (non-hydrogen) atoms. The van der Waals surface area contributed by atoms with Gasteiger partial charge in [-0.25, -0.2) is 0 Å². The van der Waals surface area contributed by atoms with Crippen LogP contribution in [0.5, 0.6) is 0 Å². The Morgan fingerprint density at radius 2 is 2.26 bits per heavy atom. The van der Waals surface area contributed by atoms with Gasteiger partial charge in [-0.3, -0.25) is 4.79 Å². The standard InChI is InChI=1S/C14H26N2O3/c1-4-18-9-7-16-12(17)14(15)10-6-5-8-19-11(10)13(14,2)3/h10-11H,4-9,15H2,1-3H3,(H,16,17). The summed E-state index contributed by atoms with van der Waals surface area (Å²) in [6.07, 6.45) is 2.08. The second kappa shape index (κ2) is 5.38. The molecule has 0 bridgehead atoms. The molecule has 5 nitrogen and oxygen atoms in total. The molecule has 1 amide bonds. The minimum atomic E-state index is -0.815. The lowest BCUT2D eigenvalue weighted by Crippen LogP contribution is -2.82. The average Bonchev–Trinajstić information content (AvgIpc) is 2.42. The Balaban J connectivity index is 1.98. The van der Waals surface area contributed by atoms with Crippen molar-refractivity contribution in [3.8, 4) is 0 Å². The van der Waals surface area contributed by atoms with Gasteiger partial charge in [-0.2, -0.15) is 0 Å². The molecule has 2 fully saturated rings. The Hall–Kier alpha value is -0.650. The fourth-order valence-corrected chi connectivity index (χ4v) is 3.56. The SMILES string of the molecule is CCOCCNC(=O)C1(N)C2CCCOC2C1(C)C. The second-order valence-electron chi connectivity index (χ2n) is 6.08. The number of hydrogen-bond acceptors (Lipinski definition) is 4. The van der Waals surface area contributed by atoms with Gasteiger partial charge in [0.25, 0.3) is 0 Å². The number of carbonyl (C=O) groups is 1. The van der Waals surface area contributed by atoms with E-state index in [2.05, 4.69) is 5.32 Å². The monoisotopic (exact) mass is 270 g/mol. The summed E-state index contributed by atoms with van der Waals surface area (Å²) < 4.78 is 11.0. The van der Waals surface area contributed by atoms with Crippen molar-refractivity contribution in [2.75, 3.05) is 26.4 Å². The highest BCUT2D eigenvalue weighted by atomic mass is 16.5. The normalized spacial score (nSPS) is 36.2. The molecule has 0 spiro atoms. The molecular formula is C14H26N2O3. The van der Waals surface area contributed by atoms with E-state index in [1.807, 2.05) is 20.8 Å². The van der Waals surface area contributed by atoms with Crippen LogP contribution in [-0.2, 0) is 14.3 Å². The van der Waals surface area contributed by atoms with E-state index in [4.69, 9.17) is 15.2 Å². The molecule has 5 heteroatoms. The molecule has 110 valence electrons. The van der Waals surface area contributed by atoms with Crippen LogP contribution < -0.4 is 11.1 Å². The molecule has 2 aliphatic rings. The van der Waals surface area contributed by atoms with Crippen LogP contribution in [0.25, 0.3) is 0 Å². The van der Waals surface area contributed by atoms with Crippen LogP contribution in [0.1, 0.15) is 33.6 Å². The molecule has 3 unspecified atom stereocenters. The highest BCUT2D eigenvalue weighted by molar-refractivity contribution is 5.89. The number of nitrogens with one attached hydrogen (secondary N) is 1. The molecule has 1 saturated heterocycles. The van der Waals surface area contributed by atoms with E-state index in [0.717, 1.165) is 19.4 Å². The number of hydrogen-bond donors (Lipinski definition) is 2. The highest BCUT2D eigenvalue weighted by Gasteiger charge is 2.70. The van der Waals surface area contributed by atoms with Gasteiger partial charge >= 0.3 is 0 Å². The summed E-state index contributed by atoms with van der Waals surface area (Å²) in [6.45, 7) is 8.48. The Morgan fingerprint density at radius 1 is 1.53 bits per heavy atom. The first kappa shape index (κ1) is 14.8. The number of amides is 1. The fourth-order valence-electron chi connectivity index (χ4n) is 3.56. The van der Waals surface area contributed by atoms with Crippen LogP contribution in [-0.4, -0.2) is 43.9 Å². The van der Waals surface area contributed by atoms with Crippen molar-refractivity contribution in [1.82, 2.24) is 5.32 Å². The third-order valence-electron chi connectivity index (χ3n) is 4.80. The van der Waals surface area contributed by atoms with Crippen LogP contribution in [0.15, 0.2) is 0 Å². The first-order chi connectivity index (χ1) is 8.96. The minimum Gasteiger partial charge on any atom is -0.380 e. The van der Waals surface area contributed by atoms with Crippen molar-refractivity contribution in [1.29, 1.82) is 0 Å². The van der Waals surface area contributed by atoms with Gasteiger partial charge in [0.2, 0.25) is 5.91 Å². The fraction of sp³-hybridized carbons (Fsp3) is 0.929. The molecule has 0 aromatic rings. The number of fused-ring (bicyclic) bond motifs is 1. The maximum Gasteiger partial charge on any atom is 0.241 e. The van der Waals surface area contributed by atoms with Crippen molar-refractivity contribution in [3.05, 3.63) is 0 Å². The summed E-state index contributed by atoms with van der Waals surface area (Å²) in [5, 5.41) is 2.90. The van der Waals surface area contributed by atoms with Crippen LogP contribution in [0.4, 0.5) is 0 Å². The van der Waals surface area contributed by atoms with E-state index in [1.165, 1.54) is 0 Å². The number of nitrogens with two attached hydrogens (primary N) is 1. The van der Waals surface area contributed by atoms with E-state index in [-0.39, 0.29) is 23.3 Å². The molecule has 0 aromatic heterocycles. The Labute approximate surface area is 115 Å². The zero-order chi connectivity index (χ0) is 14.1. The summed E-state index contributed by atoms with van der Waals surface area (Å²) in [5.41, 5.74) is 5.33. The third kappa shape index (κ3) is 2.18. The van der Waals surface area contributed by atoms with Gasteiger partial charge in [0.15, 0.2) is 0 Å². The van der Waals surface area contributed by atoms with Crippen LogP contribution in [0.3, 0.4) is 0 Å².